The fourth-order valence-electron chi connectivity index (χ4n) is 3.44. The molecule has 0 saturated heterocycles. The third-order valence-electron chi connectivity index (χ3n) is 5.02. The molecule has 2 nitrogen and oxygen atoms in total. The van der Waals surface area contributed by atoms with Crippen LogP contribution in [0, 0.1) is 0 Å². The minimum Gasteiger partial charge on any atom is -0.322 e. The van der Waals surface area contributed by atoms with Gasteiger partial charge < -0.3 is 9.13 Å². The van der Waals surface area contributed by atoms with Crippen molar-refractivity contribution >= 4 is 19.4 Å². The first-order valence-electron chi connectivity index (χ1n) is 9.48. The van der Waals surface area contributed by atoms with E-state index in [-0.39, 0.29) is 19.4 Å². The van der Waals surface area contributed by atoms with Crippen molar-refractivity contribution in [3.8, 4) is 0 Å². The van der Waals surface area contributed by atoms with Gasteiger partial charge in [-0.1, -0.05) is 39.8 Å². The van der Waals surface area contributed by atoms with Crippen molar-refractivity contribution in [3.05, 3.63) is 0 Å². The van der Waals surface area contributed by atoms with Gasteiger partial charge in [0.05, 0.1) is 19.4 Å². The van der Waals surface area contributed by atoms with Gasteiger partial charge in [0.25, 0.3) is 0 Å². The van der Waals surface area contributed by atoms with E-state index in [4.69, 9.17) is 0 Å². The van der Waals surface area contributed by atoms with Gasteiger partial charge in [0, 0.05) is 11.1 Å². The standard InChI is InChI=1S/C18H44N2Si2/c1-11-15(3)19(17(5,6)7)21-13-14-22-20(16(4)12-2)18(8,9)10/h15-16H,11-14,21-22H2,1-10H3. The third kappa shape index (κ3) is 7.76. The maximum absolute atomic E-state index is 2.84. The molecule has 0 aromatic rings. The predicted molar refractivity (Wildman–Crippen MR) is 109 cm³/mol. The summed E-state index contributed by atoms with van der Waals surface area (Å²) in [6.45, 7) is 23.8. The molecule has 0 aliphatic heterocycles. The summed E-state index contributed by atoms with van der Waals surface area (Å²) < 4.78 is 5.68. The summed E-state index contributed by atoms with van der Waals surface area (Å²) in [5.74, 6) is 0. The second-order valence-electron chi connectivity index (χ2n) is 8.95. The summed E-state index contributed by atoms with van der Waals surface area (Å²) in [6, 6.07) is 4.50. The Kier molecular flexibility index (Phi) is 9.76. The van der Waals surface area contributed by atoms with E-state index >= 15 is 0 Å². The first-order valence-corrected chi connectivity index (χ1v) is 12.7. The van der Waals surface area contributed by atoms with Crippen LogP contribution >= 0.6 is 0 Å². The van der Waals surface area contributed by atoms with Crippen LogP contribution in [0.3, 0.4) is 0 Å². The van der Waals surface area contributed by atoms with Gasteiger partial charge in [0.1, 0.15) is 0 Å². The minimum atomic E-state index is -0.114. The zero-order chi connectivity index (χ0) is 17.6. The highest BCUT2D eigenvalue weighted by Gasteiger charge is 2.26. The zero-order valence-electron chi connectivity index (χ0n) is 17.3. The van der Waals surface area contributed by atoms with Gasteiger partial charge >= 0.3 is 0 Å². The lowest BCUT2D eigenvalue weighted by Crippen LogP contribution is -2.50. The number of nitrogens with zero attached hydrogens (tertiary/aromatic N) is 2. The molecule has 0 fully saturated rings. The van der Waals surface area contributed by atoms with E-state index in [9.17, 15) is 0 Å². The van der Waals surface area contributed by atoms with Crippen LogP contribution in [0.2, 0.25) is 12.1 Å². The van der Waals surface area contributed by atoms with Gasteiger partial charge in [-0.25, -0.2) is 0 Å². The molecule has 0 aliphatic rings. The van der Waals surface area contributed by atoms with Gasteiger partial charge in [-0.05, 0) is 66.5 Å². The molecule has 0 heterocycles. The van der Waals surface area contributed by atoms with Gasteiger partial charge in [-0.2, -0.15) is 0 Å². The first kappa shape index (κ1) is 22.4. The van der Waals surface area contributed by atoms with E-state index in [0.717, 1.165) is 12.1 Å². The molecule has 0 N–H and O–H groups in total. The lowest BCUT2D eigenvalue weighted by molar-refractivity contribution is 0.194. The molecule has 0 aromatic carbocycles. The summed E-state index contributed by atoms with van der Waals surface area (Å²) in [7, 11) is -0.227. The summed E-state index contributed by atoms with van der Waals surface area (Å²) in [4.78, 5) is 0. The Morgan fingerprint density at radius 2 is 0.955 bits per heavy atom. The molecule has 0 bridgehead atoms. The summed E-state index contributed by atoms with van der Waals surface area (Å²) in [5.41, 5.74) is 0.702. The van der Waals surface area contributed by atoms with Crippen LogP contribution in [0.25, 0.3) is 0 Å². The van der Waals surface area contributed by atoms with Crippen LogP contribution in [-0.2, 0) is 0 Å². The Morgan fingerprint density at radius 3 is 1.14 bits per heavy atom. The average Bonchev–Trinajstić information content (AvgIpc) is 2.38. The lowest BCUT2D eigenvalue weighted by Gasteiger charge is -2.42. The van der Waals surface area contributed by atoms with E-state index in [0.29, 0.717) is 11.1 Å². The molecule has 0 amide bonds. The number of rotatable bonds is 9. The maximum Gasteiger partial charge on any atom is 0.0957 e. The van der Waals surface area contributed by atoms with Crippen molar-refractivity contribution in [2.45, 2.75) is 117 Å². The Hall–Kier alpha value is 0.354. The van der Waals surface area contributed by atoms with Crippen LogP contribution in [-0.4, -0.2) is 51.7 Å². The highest BCUT2D eigenvalue weighted by molar-refractivity contribution is 6.39. The first-order chi connectivity index (χ1) is 9.95. The molecule has 0 spiro atoms. The Bertz CT molecular complexity index is 264. The largest absolute Gasteiger partial charge is 0.322 e. The van der Waals surface area contributed by atoms with E-state index in [2.05, 4.69) is 78.4 Å². The summed E-state index contributed by atoms with van der Waals surface area (Å²) in [6.07, 6.45) is 2.56. The highest BCUT2D eigenvalue weighted by atomic mass is 28.2. The molecule has 0 saturated carbocycles. The second-order valence-corrected chi connectivity index (χ2v) is 12.6. The topological polar surface area (TPSA) is 6.48 Å². The van der Waals surface area contributed by atoms with Gasteiger partial charge in [-0.15, -0.1) is 0 Å². The monoisotopic (exact) mass is 344 g/mol. The van der Waals surface area contributed by atoms with Crippen LogP contribution in [0.4, 0.5) is 0 Å². The minimum absolute atomic E-state index is 0.114. The van der Waals surface area contributed by atoms with Gasteiger partial charge in [0.15, 0.2) is 0 Å². The third-order valence-corrected chi connectivity index (χ3v) is 11.8. The Morgan fingerprint density at radius 1 is 0.682 bits per heavy atom. The van der Waals surface area contributed by atoms with Crippen molar-refractivity contribution in [2.75, 3.05) is 0 Å². The van der Waals surface area contributed by atoms with Crippen molar-refractivity contribution in [1.29, 1.82) is 0 Å². The fraction of sp³-hybridized carbons (Fsp3) is 1.00. The molecule has 0 aromatic heterocycles. The lowest BCUT2D eigenvalue weighted by atomic mass is 10.1. The van der Waals surface area contributed by atoms with E-state index < -0.39 is 0 Å². The SMILES string of the molecule is CCC(C)N([SiH2]CC[SiH2]N(C(C)CC)C(C)(C)C)C(C)(C)C. The maximum atomic E-state index is 2.84. The van der Waals surface area contributed by atoms with Crippen molar-refractivity contribution < 1.29 is 0 Å². The van der Waals surface area contributed by atoms with Crippen LogP contribution < -0.4 is 0 Å². The smallest absolute Gasteiger partial charge is 0.0957 e. The number of hydrogen-bond donors (Lipinski definition) is 0. The quantitative estimate of drug-likeness (QED) is 0.464. The fourth-order valence-corrected chi connectivity index (χ4v) is 8.65. The van der Waals surface area contributed by atoms with Gasteiger partial charge in [0.2, 0.25) is 0 Å². The average molecular weight is 345 g/mol. The summed E-state index contributed by atoms with van der Waals surface area (Å²) in [5, 5.41) is 0. The molecule has 4 heteroatoms. The Balaban J connectivity index is 4.48. The molecular weight excluding hydrogens is 300 g/mol. The second kappa shape index (κ2) is 9.60. The van der Waals surface area contributed by atoms with Gasteiger partial charge in [-0.3, -0.25) is 0 Å². The molecule has 134 valence electrons. The molecule has 2 unspecified atom stereocenters. The van der Waals surface area contributed by atoms with Crippen LogP contribution in [0.1, 0.15) is 82.1 Å². The molecule has 0 aliphatic carbocycles. The van der Waals surface area contributed by atoms with Crippen molar-refractivity contribution in [1.82, 2.24) is 9.13 Å². The number of hydrogen-bond acceptors (Lipinski definition) is 2. The van der Waals surface area contributed by atoms with E-state index in [1.807, 2.05) is 0 Å². The van der Waals surface area contributed by atoms with Crippen LogP contribution in [0.15, 0.2) is 0 Å². The normalized spacial score (nSPS) is 17.5. The van der Waals surface area contributed by atoms with E-state index in [1.54, 1.807) is 0 Å². The molecule has 2 atom stereocenters. The molecule has 0 rings (SSSR count). The molecule has 22 heavy (non-hydrogen) atoms. The predicted octanol–water partition coefficient (Wildman–Crippen LogP) is 3.79. The van der Waals surface area contributed by atoms with E-state index in [1.165, 1.54) is 24.9 Å². The van der Waals surface area contributed by atoms with Crippen molar-refractivity contribution in [2.24, 2.45) is 0 Å². The molecule has 0 radical (unpaired) electrons. The molecular formula is C18H44N2Si2. The zero-order valence-corrected chi connectivity index (χ0v) is 20.1. The Labute approximate surface area is 146 Å². The highest BCUT2D eigenvalue weighted by Crippen LogP contribution is 2.21. The van der Waals surface area contributed by atoms with Crippen LogP contribution in [0.5, 0.6) is 0 Å². The summed E-state index contributed by atoms with van der Waals surface area (Å²) >= 11 is 0. The van der Waals surface area contributed by atoms with Crippen molar-refractivity contribution in [3.63, 3.8) is 0 Å².